The number of aryl methyl sites for hydroxylation is 2. The standard InChI is InChI=1S/C15H19N3O2/c16-10-3-5-14-12(8-10)11-7-9(1-4-13(11)17-14)2-6-15(19)18-20/h1,4,7,10,17,20H,2-3,5-6,8,16H2,(H,18,19). The molecule has 0 aliphatic heterocycles. The first kappa shape index (κ1) is 13.1. The predicted molar refractivity (Wildman–Crippen MR) is 76.5 cm³/mol. The van der Waals surface area contributed by atoms with Crippen molar-refractivity contribution in [3.8, 4) is 0 Å². The molecule has 2 aromatic rings. The zero-order chi connectivity index (χ0) is 14.1. The molecule has 0 fully saturated rings. The maximum atomic E-state index is 11.1. The van der Waals surface area contributed by atoms with Gasteiger partial charge in [-0.2, -0.15) is 0 Å². The van der Waals surface area contributed by atoms with Gasteiger partial charge in [-0.05, 0) is 48.9 Å². The first-order chi connectivity index (χ1) is 9.67. The van der Waals surface area contributed by atoms with E-state index in [1.165, 1.54) is 16.6 Å². The van der Waals surface area contributed by atoms with E-state index in [4.69, 9.17) is 10.9 Å². The molecule has 20 heavy (non-hydrogen) atoms. The van der Waals surface area contributed by atoms with Gasteiger partial charge in [0, 0.05) is 29.1 Å². The smallest absolute Gasteiger partial charge is 0.243 e. The average molecular weight is 273 g/mol. The number of hydrogen-bond donors (Lipinski definition) is 4. The molecule has 1 heterocycles. The number of hydrogen-bond acceptors (Lipinski definition) is 3. The van der Waals surface area contributed by atoms with Crippen molar-refractivity contribution < 1.29 is 10.0 Å². The molecule has 5 nitrogen and oxygen atoms in total. The summed E-state index contributed by atoms with van der Waals surface area (Å²) < 4.78 is 0. The third-order valence-electron chi connectivity index (χ3n) is 4.06. The number of H-pyrrole nitrogens is 1. The molecule has 3 rings (SSSR count). The van der Waals surface area contributed by atoms with Crippen LogP contribution in [0.1, 0.15) is 29.7 Å². The van der Waals surface area contributed by atoms with E-state index < -0.39 is 0 Å². The van der Waals surface area contributed by atoms with E-state index in [2.05, 4.69) is 17.1 Å². The Morgan fingerprint density at radius 1 is 1.50 bits per heavy atom. The number of rotatable bonds is 3. The lowest BCUT2D eigenvalue weighted by Gasteiger charge is -2.18. The molecule has 0 saturated carbocycles. The van der Waals surface area contributed by atoms with E-state index in [1.807, 2.05) is 6.07 Å². The second-order valence-corrected chi connectivity index (χ2v) is 5.50. The SMILES string of the molecule is NC1CCc2[nH]c3ccc(CCC(=O)NO)cc3c2C1. The van der Waals surface area contributed by atoms with Gasteiger partial charge in [-0.15, -0.1) is 0 Å². The molecule has 106 valence electrons. The summed E-state index contributed by atoms with van der Waals surface area (Å²) >= 11 is 0. The first-order valence-electron chi connectivity index (χ1n) is 6.98. The highest BCUT2D eigenvalue weighted by molar-refractivity contribution is 5.86. The fraction of sp³-hybridized carbons (Fsp3) is 0.400. The highest BCUT2D eigenvalue weighted by atomic mass is 16.5. The molecule has 1 aromatic heterocycles. The van der Waals surface area contributed by atoms with Crippen LogP contribution in [0.4, 0.5) is 0 Å². The summed E-state index contributed by atoms with van der Waals surface area (Å²) in [6.45, 7) is 0. The van der Waals surface area contributed by atoms with Crippen LogP contribution in [-0.2, 0) is 24.1 Å². The molecule has 1 amide bonds. The Labute approximate surface area is 117 Å². The maximum absolute atomic E-state index is 11.1. The van der Waals surface area contributed by atoms with Crippen molar-refractivity contribution in [2.24, 2.45) is 5.73 Å². The van der Waals surface area contributed by atoms with Gasteiger partial charge in [0.15, 0.2) is 0 Å². The van der Waals surface area contributed by atoms with Crippen molar-refractivity contribution in [1.82, 2.24) is 10.5 Å². The number of amides is 1. The molecule has 1 unspecified atom stereocenters. The second-order valence-electron chi connectivity index (χ2n) is 5.50. The van der Waals surface area contributed by atoms with E-state index in [0.29, 0.717) is 6.42 Å². The Bertz CT molecular complexity index is 648. The summed E-state index contributed by atoms with van der Waals surface area (Å²) in [5.41, 5.74) is 12.6. The van der Waals surface area contributed by atoms with E-state index in [1.54, 1.807) is 5.48 Å². The molecule has 0 bridgehead atoms. The molecule has 1 aliphatic carbocycles. The topological polar surface area (TPSA) is 91.1 Å². The first-order valence-corrected chi connectivity index (χ1v) is 6.98. The lowest BCUT2D eigenvalue weighted by Crippen LogP contribution is -2.27. The van der Waals surface area contributed by atoms with Gasteiger partial charge < -0.3 is 10.7 Å². The largest absolute Gasteiger partial charge is 0.358 e. The van der Waals surface area contributed by atoms with Gasteiger partial charge in [-0.1, -0.05) is 6.07 Å². The molecule has 1 aliphatic rings. The summed E-state index contributed by atoms with van der Waals surface area (Å²) in [6.07, 6.45) is 3.86. The Balaban J connectivity index is 1.90. The molecule has 5 N–H and O–H groups in total. The monoisotopic (exact) mass is 273 g/mol. The molecule has 1 atom stereocenters. The summed E-state index contributed by atoms with van der Waals surface area (Å²) in [6, 6.07) is 6.46. The van der Waals surface area contributed by atoms with Crippen molar-refractivity contribution in [3.05, 3.63) is 35.0 Å². The van der Waals surface area contributed by atoms with Crippen molar-refractivity contribution in [2.45, 2.75) is 38.1 Å². The van der Waals surface area contributed by atoms with Crippen LogP contribution >= 0.6 is 0 Å². The van der Waals surface area contributed by atoms with Gasteiger partial charge in [0.1, 0.15) is 0 Å². The third-order valence-corrected chi connectivity index (χ3v) is 4.06. The molecule has 5 heteroatoms. The minimum absolute atomic E-state index is 0.241. The normalized spacial score (nSPS) is 18.0. The minimum atomic E-state index is -0.358. The van der Waals surface area contributed by atoms with E-state index in [0.717, 1.165) is 30.3 Å². The van der Waals surface area contributed by atoms with E-state index in [9.17, 15) is 4.79 Å². The Kier molecular flexibility index (Phi) is 3.46. The van der Waals surface area contributed by atoms with Crippen LogP contribution in [0.5, 0.6) is 0 Å². The van der Waals surface area contributed by atoms with Crippen molar-refractivity contribution >= 4 is 16.8 Å². The number of nitrogens with one attached hydrogen (secondary N) is 2. The van der Waals surface area contributed by atoms with Gasteiger partial charge in [0.25, 0.3) is 0 Å². The van der Waals surface area contributed by atoms with Crippen LogP contribution in [-0.4, -0.2) is 22.1 Å². The number of fused-ring (bicyclic) bond motifs is 3. The Morgan fingerprint density at radius 3 is 3.15 bits per heavy atom. The molecule has 0 radical (unpaired) electrons. The van der Waals surface area contributed by atoms with Gasteiger partial charge in [0.05, 0.1) is 0 Å². The Morgan fingerprint density at radius 2 is 2.35 bits per heavy atom. The van der Waals surface area contributed by atoms with Gasteiger partial charge in [0.2, 0.25) is 5.91 Å². The molecule has 1 aromatic carbocycles. The summed E-state index contributed by atoms with van der Waals surface area (Å²) in [7, 11) is 0. The van der Waals surface area contributed by atoms with Gasteiger partial charge in [-0.25, -0.2) is 5.48 Å². The summed E-state index contributed by atoms with van der Waals surface area (Å²) in [5, 5.41) is 9.74. The van der Waals surface area contributed by atoms with E-state index in [-0.39, 0.29) is 18.4 Å². The van der Waals surface area contributed by atoms with Crippen molar-refractivity contribution in [3.63, 3.8) is 0 Å². The van der Waals surface area contributed by atoms with Gasteiger partial charge in [-0.3, -0.25) is 10.0 Å². The zero-order valence-corrected chi connectivity index (χ0v) is 11.3. The third kappa shape index (κ3) is 2.42. The quantitative estimate of drug-likeness (QED) is 0.503. The molecular weight excluding hydrogens is 254 g/mol. The van der Waals surface area contributed by atoms with Crippen LogP contribution < -0.4 is 11.2 Å². The van der Waals surface area contributed by atoms with Crippen LogP contribution in [0.2, 0.25) is 0 Å². The number of nitrogens with two attached hydrogens (primary N) is 1. The highest BCUT2D eigenvalue weighted by Crippen LogP contribution is 2.29. The number of benzene rings is 1. The highest BCUT2D eigenvalue weighted by Gasteiger charge is 2.20. The number of carbonyl (C=O) groups excluding carboxylic acids is 1. The minimum Gasteiger partial charge on any atom is -0.358 e. The Hall–Kier alpha value is -1.85. The van der Waals surface area contributed by atoms with Crippen molar-refractivity contribution in [2.75, 3.05) is 0 Å². The fourth-order valence-electron chi connectivity index (χ4n) is 2.96. The van der Waals surface area contributed by atoms with E-state index >= 15 is 0 Å². The summed E-state index contributed by atoms with van der Waals surface area (Å²) in [4.78, 5) is 14.6. The molecule has 0 saturated heterocycles. The van der Waals surface area contributed by atoms with Gasteiger partial charge >= 0.3 is 0 Å². The number of aromatic amines is 1. The van der Waals surface area contributed by atoms with Crippen LogP contribution in [0.25, 0.3) is 10.9 Å². The number of hydroxylamine groups is 1. The van der Waals surface area contributed by atoms with Crippen molar-refractivity contribution in [1.29, 1.82) is 0 Å². The lowest BCUT2D eigenvalue weighted by atomic mass is 9.91. The van der Waals surface area contributed by atoms with Crippen LogP contribution in [0.15, 0.2) is 18.2 Å². The second kappa shape index (κ2) is 5.26. The summed E-state index contributed by atoms with van der Waals surface area (Å²) in [5.74, 6) is -0.358. The number of aromatic nitrogens is 1. The molecule has 0 spiro atoms. The lowest BCUT2D eigenvalue weighted by molar-refractivity contribution is -0.129. The predicted octanol–water partition coefficient (Wildman–Crippen LogP) is 1.42. The number of carbonyl (C=O) groups is 1. The maximum Gasteiger partial charge on any atom is 0.243 e. The van der Waals surface area contributed by atoms with Crippen LogP contribution in [0.3, 0.4) is 0 Å². The zero-order valence-electron chi connectivity index (χ0n) is 11.3. The van der Waals surface area contributed by atoms with Crippen LogP contribution in [0, 0.1) is 0 Å². The molecular formula is C15H19N3O2. The average Bonchev–Trinajstić information content (AvgIpc) is 2.82. The fourth-order valence-corrected chi connectivity index (χ4v) is 2.96.